The molecular formula is C18H21NO3. The van der Waals surface area contributed by atoms with Crippen molar-refractivity contribution in [2.45, 2.75) is 13.3 Å². The zero-order chi connectivity index (χ0) is 15.8. The van der Waals surface area contributed by atoms with E-state index >= 15 is 0 Å². The number of likely N-dealkylation sites (N-methyl/N-ethyl adjacent to an activating group) is 1. The predicted octanol–water partition coefficient (Wildman–Crippen LogP) is 3.90. The van der Waals surface area contributed by atoms with Gasteiger partial charge in [-0.3, -0.25) is 0 Å². The second-order valence-electron chi connectivity index (χ2n) is 4.92. The number of aryl methyl sites for hydroxylation is 1. The summed E-state index contributed by atoms with van der Waals surface area (Å²) in [5, 5.41) is 0. The first kappa shape index (κ1) is 15.9. The largest absolute Gasteiger partial charge is 0.513 e. The number of ether oxygens (including phenoxy) is 2. The van der Waals surface area contributed by atoms with Crippen molar-refractivity contribution in [3.63, 3.8) is 0 Å². The summed E-state index contributed by atoms with van der Waals surface area (Å²) in [4.78, 5) is 13.8. The topological polar surface area (TPSA) is 38.8 Å². The average Bonchev–Trinajstić information content (AvgIpc) is 2.56. The van der Waals surface area contributed by atoms with Crippen LogP contribution < -0.4 is 9.64 Å². The number of anilines is 1. The molecule has 0 heterocycles. The second kappa shape index (κ2) is 8.08. The zero-order valence-corrected chi connectivity index (χ0v) is 13.0. The van der Waals surface area contributed by atoms with E-state index < -0.39 is 6.16 Å². The van der Waals surface area contributed by atoms with Crippen LogP contribution in [-0.2, 0) is 11.2 Å². The highest BCUT2D eigenvalue weighted by atomic mass is 16.7. The maximum atomic E-state index is 11.7. The van der Waals surface area contributed by atoms with Gasteiger partial charge in [-0.1, -0.05) is 43.3 Å². The molecule has 4 nitrogen and oxygen atoms in total. The molecule has 0 aliphatic rings. The first-order valence-corrected chi connectivity index (χ1v) is 7.39. The quantitative estimate of drug-likeness (QED) is 0.599. The lowest BCUT2D eigenvalue weighted by atomic mass is 10.1. The molecule has 0 unspecified atom stereocenters. The van der Waals surface area contributed by atoms with Crippen LogP contribution >= 0.6 is 0 Å². The minimum absolute atomic E-state index is 0.276. The highest BCUT2D eigenvalue weighted by molar-refractivity contribution is 5.64. The molecule has 0 radical (unpaired) electrons. The Morgan fingerprint density at radius 3 is 2.45 bits per heavy atom. The Morgan fingerprint density at radius 2 is 1.73 bits per heavy atom. The number of nitrogens with zero attached hydrogens (tertiary/aromatic N) is 1. The van der Waals surface area contributed by atoms with Crippen molar-refractivity contribution in [3.8, 4) is 5.75 Å². The second-order valence-corrected chi connectivity index (χ2v) is 4.92. The summed E-state index contributed by atoms with van der Waals surface area (Å²) >= 11 is 0. The monoisotopic (exact) mass is 299 g/mol. The molecule has 0 saturated carbocycles. The molecule has 0 N–H and O–H groups in total. The summed E-state index contributed by atoms with van der Waals surface area (Å²) in [6.07, 6.45) is 0.141. The van der Waals surface area contributed by atoms with E-state index in [1.807, 2.05) is 67.4 Å². The Morgan fingerprint density at radius 1 is 1.05 bits per heavy atom. The van der Waals surface area contributed by atoms with E-state index in [1.165, 1.54) is 0 Å². The summed E-state index contributed by atoms with van der Waals surface area (Å²) in [7, 11) is 1.95. The Balaban J connectivity index is 1.78. The molecule has 116 valence electrons. The van der Waals surface area contributed by atoms with Crippen molar-refractivity contribution < 1.29 is 14.3 Å². The summed E-state index contributed by atoms with van der Waals surface area (Å²) in [5.41, 5.74) is 2.07. The number of carbonyl (C=O) groups excluding carboxylic acids is 1. The molecule has 0 fully saturated rings. The first-order valence-electron chi connectivity index (χ1n) is 7.39. The summed E-state index contributed by atoms with van der Waals surface area (Å²) < 4.78 is 10.4. The molecule has 0 amide bonds. The van der Waals surface area contributed by atoms with Gasteiger partial charge in [-0.15, -0.1) is 0 Å². The maximum absolute atomic E-state index is 11.7. The van der Waals surface area contributed by atoms with Crippen LogP contribution in [0.1, 0.15) is 12.5 Å². The Hall–Kier alpha value is -2.49. The van der Waals surface area contributed by atoms with Gasteiger partial charge < -0.3 is 14.4 Å². The molecule has 2 aromatic rings. The van der Waals surface area contributed by atoms with E-state index in [4.69, 9.17) is 9.47 Å². The lowest BCUT2D eigenvalue weighted by Crippen LogP contribution is -2.24. The van der Waals surface area contributed by atoms with Crippen LogP contribution in [0, 0.1) is 0 Å². The smallest absolute Gasteiger partial charge is 0.432 e. The van der Waals surface area contributed by atoms with E-state index in [9.17, 15) is 4.79 Å². The van der Waals surface area contributed by atoms with Crippen LogP contribution in [0.2, 0.25) is 0 Å². The number of carbonyl (C=O) groups is 1. The van der Waals surface area contributed by atoms with Gasteiger partial charge in [0, 0.05) is 12.7 Å². The molecule has 0 saturated heterocycles. The van der Waals surface area contributed by atoms with Crippen LogP contribution in [0.4, 0.5) is 10.5 Å². The van der Waals surface area contributed by atoms with Crippen molar-refractivity contribution >= 4 is 11.8 Å². The molecule has 22 heavy (non-hydrogen) atoms. The van der Waals surface area contributed by atoms with Crippen molar-refractivity contribution in [2.75, 3.05) is 25.1 Å². The van der Waals surface area contributed by atoms with Crippen molar-refractivity contribution in [2.24, 2.45) is 0 Å². The van der Waals surface area contributed by atoms with E-state index in [2.05, 4.69) is 0 Å². The van der Waals surface area contributed by atoms with Crippen molar-refractivity contribution in [1.29, 1.82) is 0 Å². The van der Waals surface area contributed by atoms with Gasteiger partial charge in [0.25, 0.3) is 0 Å². The molecular weight excluding hydrogens is 278 g/mol. The van der Waals surface area contributed by atoms with Crippen LogP contribution in [0.3, 0.4) is 0 Å². The Labute approximate surface area is 131 Å². The molecule has 2 rings (SSSR count). The van der Waals surface area contributed by atoms with Gasteiger partial charge in [0.1, 0.15) is 12.4 Å². The van der Waals surface area contributed by atoms with E-state index in [0.29, 0.717) is 12.3 Å². The van der Waals surface area contributed by atoms with Crippen LogP contribution in [0.5, 0.6) is 5.75 Å². The molecule has 0 aliphatic carbocycles. The number of para-hydroxylation sites is 2. The average molecular weight is 299 g/mol. The van der Waals surface area contributed by atoms with Gasteiger partial charge in [0.05, 0.1) is 6.54 Å². The van der Waals surface area contributed by atoms with Gasteiger partial charge in [0.2, 0.25) is 0 Å². The van der Waals surface area contributed by atoms with Gasteiger partial charge in [-0.2, -0.15) is 0 Å². The minimum Gasteiger partial charge on any atom is -0.432 e. The standard InChI is InChI=1S/C18H21NO3/c1-3-15-9-7-8-12-17(15)22-18(20)21-14-13-19(2)16-10-5-4-6-11-16/h4-12H,3,13-14H2,1-2H3. The first-order chi connectivity index (χ1) is 10.7. The molecule has 0 aliphatic heterocycles. The fourth-order valence-corrected chi connectivity index (χ4v) is 2.09. The lowest BCUT2D eigenvalue weighted by Gasteiger charge is -2.18. The van der Waals surface area contributed by atoms with Crippen molar-refractivity contribution in [1.82, 2.24) is 0 Å². The molecule has 0 spiro atoms. The van der Waals surface area contributed by atoms with Crippen LogP contribution in [0.15, 0.2) is 54.6 Å². The fraction of sp³-hybridized carbons (Fsp3) is 0.278. The predicted molar refractivity (Wildman–Crippen MR) is 87.5 cm³/mol. The number of rotatable bonds is 6. The summed E-state index contributed by atoms with van der Waals surface area (Å²) in [6.45, 7) is 2.90. The molecule has 2 aromatic carbocycles. The highest BCUT2D eigenvalue weighted by Gasteiger charge is 2.09. The zero-order valence-electron chi connectivity index (χ0n) is 13.0. The van der Waals surface area contributed by atoms with E-state index in [1.54, 1.807) is 6.07 Å². The van der Waals surface area contributed by atoms with E-state index in [0.717, 1.165) is 17.7 Å². The Bertz CT molecular complexity index is 598. The fourth-order valence-electron chi connectivity index (χ4n) is 2.09. The number of hydrogen-bond donors (Lipinski definition) is 0. The normalized spacial score (nSPS) is 10.1. The Kier molecular flexibility index (Phi) is 5.83. The third kappa shape index (κ3) is 4.52. The molecule has 0 bridgehead atoms. The number of hydrogen-bond acceptors (Lipinski definition) is 4. The van der Waals surface area contributed by atoms with Gasteiger partial charge >= 0.3 is 6.16 Å². The third-order valence-corrected chi connectivity index (χ3v) is 3.39. The molecule has 4 heteroatoms. The van der Waals surface area contributed by atoms with Crippen molar-refractivity contribution in [3.05, 3.63) is 60.2 Å². The summed E-state index contributed by atoms with van der Waals surface area (Å²) in [6, 6.07) is 17.4. The highest BCUT2D eigenvalue weighted by Crippen LogP contribution is 2.18. The van der Waals surface area contributed by atoms with Crippen LogP contribution in [-0.4, -0.2) is 26.4 Å². The molecule has 0 atom stereocenters. The third-order valence-electron chi connectivity index (χ3n) is 3.39. The number of benzene rings is 2. The maximum Gasteiger partial charge on any atom is 0.513 e. The van der Waals surface area contributed by atoms with E-state index in [-0.39, 0.29) is 6.61 Å². The van der Waals surface area contributed by atoms with Gasteiger partial charge in [-0.25, -0.2) is 4.79 Å². The SMILES string of the molecule is CCc1ccccc1OC(=O)OCCN(C)c1ccccc1. The van der Waals surface area contributed by atoms with Gasteiger partial charge in [0.15, 0.2) is 0 Å². The molecule has 0 aromatic heterocycles. The van der Waals surface area contributed by atoms with Crippen LogP contribution in [0.25, 0.3) is 0 Å². The minimum atomic E-state index is -0.664. The lowest BCUT2D eigenvalue weighted by molar-refractivity contribution is 0.101. The summed E-state index contributed by atoms with van der Waals surface area (Å²) in [5.74, 6) is 0.561. The van der Waals surface area contributed by atoms with Gasteiger partial charge in [-0.05, 0) is 30.2 Å².